The zero-order valence-corrected chi connectivity index (χ0v) is 22.6. The lowest BCUT2D eigenvalue weighted by atomic mass is 9.85. The molecule has 1 fully saturated rings. The van der Waals surface area contributed by atoms with Gasteiger partial charge in [-0.1, -0.05) is 72.8 Å². The molecule has 6 nitrogen and oxygen atoms in total. The van der Waals surface area contributed by atoms with Gasteiger partial charge in [-0.2, -0.15) is 0 Å². The molecular formula is C34H33NO5. The maximum atomic E-state index is 13.9. The fraction of sp³-hybridized carbons (Fsp3) is 0.235. The van der Waals surface area contributed by atoms with E-state index in [1.54, 1.807) is 29.2 Å². The number of carbonyl (C=O) groups is 2. The summed E-state index contributed by atoms with van der Waals surface area (Å²) in [5, 5.41) is 11.9. The van der Waals surface area contributed by atoms with Gasteiger partial charge >= 0.3 is 0 Å². The van der Waals surface area contributed by atoms with Crippen LogP contribution in [0.3, 0.4) is 0 Å². The Balaban J connectivity index is 1.65. The van der Waals surface area contributed by atoms with Crippen LogP contribution in [0.25, 0.3) is 22.3 Å². The Labute approximate surface area is 234 Å². The molecule has 5 rings (SSSR count). The van der Waals surface area contributed by atoms with Crippen molar-refractivity contribution in [2.45, 2.75) is 19.8 Å². The summed E-state index contributed by atoms with van der Waals surface area (Å²) < 4.78 is 11.0. The largest absolute Gasteiger partial charge is 0.507 e. The zero-order valence-electron chi connectivity index (χ0n) is 22.6. The Bertz CT molecular complexity index is 1460. The van der Waals surface area contributed by atoms with Gasteiger partial charge in [-0.05, 0) is 53.8 Å². The quantitative estimate of drug-likeness (QED) is 0.260. The number of nitrogens with zero attached hydrogens (tertiary/aromatic N) is 1. The van der Waals surface area contributed by atoms with Gasteiger partial charge in [-0.3, -0.25) is 9.59 Å². The number of amides is 1. The molecule has 4 aromatic rings. The van der Waals surface area contributed by atoms with Crippen molar-refractivity contribution in [1.82, 2.24) is 4.90 Å². The second kappa shape index (κ2) is 12.6. The number of benzene rings is 4. The molecule has 0 aromatic heterocycles. The molecular weight excluding hydrogens is 502 g/mol. The Morgan fingerprint density at radius 1 is 0.850 bits per heavy atom. The van der Waals surface area contributed by atoms with E-state index in [-0.39, 0.29) is 29.4 Å². The maximum absolute atomic E-state index is 13.9. The third kappa shape index (κ3) is 5.92. The van der Waals surface area contributed by atoms with Gasteiger partial charge in [0.05, 0.1) is 25.4 Å². The Morgan fingerprint density at radius 3 is 2.12 bits per heavy atom. The second-order valence-corrected chi connectivity index (χ2v) is 9.69. The molecule has 0 atom stereocenters. The molecule has 1 aliphatic heterocycles. The molecule has 6 heteroatoms. The van der Waals surface area contributed by atoms with Crippen molar-refractivity contribution in [3.8, 4) is 33.8 Å². The van der Waals surface area contributed by atoms with E-state index >= 15 is 0 Å². The van der Waals surface area contributed by atoms with Gasteiger partial charge in [-0.25, -0.2) is 0 Å². The van der Waals surface area contributed by atoms with Gasteiger partial charge in [0.2, 0.25) is 5.91 Å². The molecule has 0 spiro atoms. The second-order valence-electron chi connectivity index (χ2n) is 9.69. The van der Waals surface area contributed by atoms with Crippen molar-refractivity contribution in [2.24, 2.45) is 0 Å². The summed E-state index contributed by atoms with van der Waals surface area (Å²) in [6.45, 7) is 4.65. The van der Waals surface area contributed by atoms with Crippen LogP contribution in [-0.2, 0) is 16.0 Å². The Kier molecular flexibility index (Phi) is 8.57. The van der Waals surface area contributed by atoms with Crippen LogP contribution < -0.4 is 4.74 Å². The number of ketones is 1. The molecule has 0 aliphatic carbocycles. The average molecular weight is 536 g/mol. The summed E-state index contributed by atoms with van der Waals surface area (Å²) in [6.07, 6.45) is 0.514. The number of ether oxygens (including phenoxy) is 2. The molecule has 0 saturated carbocycles. The predicted octanol–water partition coefficient (Wildman–Crippen LogP) is 6.15. The molecule has 40 heavy (non-hydrogen) atoms. The molecule has 0 radical (unpaired) electrons. The van der Waals surface area contributed by atoms with Crippen molar-refractivity contribution < 1.29 is 24.2 Å². The van der Waals surface area contributed by atoms with Crippen molar-refractivity contribution >= 4 is 11.7 Å². The standard InChI is InChI=1S/C34H33NO5/c1-2-40-27-15-13-25(14-16-27)30-23-29(24-9-5-3-6-10-24)28(17-18-31(36)35-19-21-39-22-20-35)34(38)32(30)33(37)26-11-7-4-8-12-26/h3-16,23,38H,2,17-22H2,1H3. The van der Waals surface area contributed by atoms with E-state index in [2.05, 4.69) is 0 Å². The molecule has 0 bridgehead atoms. The van der Waals surface area contributed by atoms with Crippen LogP contribution in [0.5, 0.6) is 11.5 Å². The highest BCUT2D eigenvalue weighted by Crippen LogP contribution is 2.42. The predicted molar refractivity (Wildman–Crippen MR) is 156 cm³/mol. The minimum Gasteiger partial charge on any atom is -0.507 e. The highest BCUT2D eigenvalue weighted by atomic mass is 16.5. The number of aromatic hydroxyl groups is 1. The third-order valence-electron chi connectivity index (χ3n) is 7.18. The first-order valence-corrected chi connectivity index (χ1v) is 13.7. The molecule has 1 saturated heterocycles. The Morgan fingerprint density at radius 2 is 1.48 bits per heavy atom. The topological polar surface area (TPSA) is 76.1 Å². The third-order valence-corrected chi connectivity index (χ3v) is 7.18. The molecule has 1 N–H and O–H groups in total. The van der Waals surface area contributed by atoms with Gasteiger partial charge < -0.3 is 19.5 Å². The number of morpholine rings is 1. The first-order chi connectivity index (χ1) is 19.6. The van der Waals surface area contributed by atoms with Crippen LogP contribution >= 0.6 is 0 Å². The van der Waals surface area contributed by atoms with Crippen LogP contribution in [0.1, 0.15) is 34.8 Å². The first-order valence-electron chi connectivity index (χ1n) is 13.7. The fourth-order valence-corrected chi connectivity index (χ4v) is 5.13. The molecule has 0 unspecified atom stereocenters. The molecule has 204 valence electrons. The molecule has 1 aliphatic rings. The molecule has 1 amide bonds. The number of phenols is 1. The van der Waals surface area contributed by atoms with Crippen molar-refractivity contribution in [2.75, 3.05) is 32.9 Å². The monoisotopic (exact) mass is 535 g/mol. The van der Waals surface area contributed by atoms with Crippen molar-refractivity contribution in [3.63, 3.8) is 0 Å². The SMILES string of the molecule is CCOc1ccc(-c2cc(-c3ccccc3)c(CCC(=O)N3CCOCC3)c(O)c2C(=O)c2ccccc2)cc1. The van der Waals surface area contributed by atoms with E-state index in [1.807, 2.05) is 73.7 Å². The van der Waals surface area contributed by atoms with Crippen LogP contribution in [-0.4, -0.2) is 54.6 Å². The smallest absolute Gasteiger partial charge is 0.223 e. The van der Waals surface area contributed by atoms with Crippen LogP contribution in [0.15, 0.2) is 91.0 Å². The average Bonchev–Trinajstić information content (AvgIpc) is 3.01. The van der Waals surface area contributed by atoms with Gasteiger partial charge in [0.15, 0.2) is 5.78 Å². The number of hydrogen-bond acceptors (Lipinski definition) is 5. The van der Waals surface area contributed by atoms with Gasteiger partial charge in [0.25, 0.3) is 0 Å². The minimum absolute atomic E-state index is 0.00763. The van der Waals surface area contributed by atoms with E-state index in [1.165, 1.54) is 0 Å². The summed E-state index contributed by atoms with van der Waals surface area (Å²) in [4.78, 5) is 28.8. The summed E-state index contributed by atoms with van der Waals surface area (Å²) in [5.74, 6) is 0.373. The van der Waals surface area contributed by atoms with Crippen molar-refractivity contribution in [3.05, 3.63) is 108 Å². The lowest BCUT2D eigenvalue weighted by molar-refractivity contribution is -0.135. The highest BCUT2D eigenvalue weighted by Gasteiger charge is 2.26. The van der Waals surface area contributed by atoms with Gasteiger partial charge in [0, 0.05) is 30.6 Å². The number of phenolic OH excluding ortho intramolecular Hbond substituents is 1. The highest BCUT2D eigenvalue weighted by molar-refractivity contribution is 6.15. The summed E-state index contributed by atoms with van der Waals surface area (Å²) >= 11 is 0. The van der Waals surface area contributed by atoms with Crippen molar-refractivity contribution in [1.29, 1.82) is 0 Å². The molecule has 4 aromatic carbocycles. The van der Waals surface area contributed by atoms with E-state index in [0.717, 1.165) is 22.4 Å². The summed E-state index contributed by atoms with van der Waals surface area (Å²) in [7, 11) is 0. The minimum atomic E-state index is -0.276. The van der Waals surface area contributed by atoms with E-state index in [0.29, 0.717) is 56.0 Å². The van der Waals surface area contributed by atoms with Crippen LogP contribution in [0.4, 0.5) is 0 Å². The van der Waals surface area contributed by atoms with Gasteiger partial charge in [0.1, 0.15) is 11.5 Å². The Hall–Kier alpha value is -4.42. The maximum Gasteiger partial charge on any atom is 0.223 e. The van der Waals surface area contributed by atoms with E-state index < -0.39 is 0 Å². The van der Waals surface area contributed by atoms with Crippen LogP contribution in [0.2, 0.25) is 0 Å². The molecule has 1 heterocycles. The van der Waals surface area contributed by atoms with Crippen LogP contribution in [0, 0.1) is 0 Å². The lowest BCUT2D eigenvalue weighted by Crippen LogP contribution is -2.40. The normalized spacial score (nSPS) is 13.2. The number of rotatable bonds is 9. The number of carbonyl (C=O) groups excluding carboxylic acids is 2. The van der Waals surface area contributed by atoms with E-state index in [4.69, 9.17) is 9.47 Å². The number of hydrogen-bond donors (Lipinski definition) is 1. The summed E-state index contributed by atoms with van der Waals surface area (Å²) in [5.41, 5.74) is 4.39. The first kappa shape index (κ1) is 27.2. The fourth-order valence-electron chi connectivity index (χ4n) is 5.13. The lowest BCUT2D eigenvalue weighted by Gasteiger charge is -2.27. The van der Waals surface area contributed by atoms with Gasteiger partial charge in [-0.15, -0.1) is 0 Å². The zero-order chi connectivity index (χ0) is 27.9. The summed E-state index contributed by atoms with van der Waals surface area (Å²) in [6, 6.07) is 28.2. The van der Waals surface area contributed by atoms with E-state index in [9.17, 15) is 14.7 Å².